The van der Waals surface area contributed by atoms with E-state index < -0.39 is 0 Å². The first-order valence-electron chi connectivity index (χ1n) is 7.55. The lowest BCUT2D eigenvalue weighted by Gasteiger charge is -2.42. The first-order chi connectivity index (χ1) is 9.91. The second-order valence-electron chi connectivity index (χ2n) is 5.94. The average molecular weight is 294 g/mol. The minimum Gasteiger partial charge on any atom is -0.493 e. The third kappa shape index (κ3) is 4.11. The van der Waals surface area contributed by atoms with Crippen LogP contribution in [-0.2, 0) is 6.42 Å². The average Bonchev–Trinajstić information content (AvgIpc) is 2.52. The van der Waals surface area contributed by atoms with Crippen LogP contribution in [0.1, 0.15) is 32.8 Å². The molecule has 4 nitrogen and oxygen atoms in total. The third-order valence-corrected chi connectivity index (χ3v) is 4.58. The minimum absolute atomic E-state index is 0.0744. The molecule has 0 saturated heterocycles. The van der Waals surface area contributed by atoms with Crippen LogP contribution in [0.4, 0.5) is 0 Å². The number of hydrogen-bond donors (Lipinski definition) is 1. The molecule has 0 aromatic heterocycles. The van der Waals surface area contributed by atoms with Gasteiger partial charge in [0.25, 0.3) is 0 Å². The van der Waals surface area contributed by atoms with Crippen molar-refractivity contribution in [3.05, 3.63) is 23.8 Å². The van der Waals surface area contributed by atoms with Crippen molar-refractivity contribution in [3.8, 4) is 11.5 Å². The quantitative estimate of drug-likeness (QED) is 0.801. The minimum atomic E-state index is -0.0744. The fourth-order valence-corrected chi connectivity index (χ4v) is 2.58. The van der Waals surface area contributed by atoms with E-state index in [1.165, 1.54) is 5.56 Å². The molecule has 0 aliphatic carbocycles. The maximum absolute atomic E-state index is 6.08. The van der Waals surface area contributed by atoms with E-state index in [2.05, 4.69) is 38.8 Å². The van der Waals surface area contributed by atoms with Crippen LogP contribution in [0.3, 0.4) is 0 Å². The smallest absolute Gasteiger partial charge is 0.160 e. The SMILES string of the molecule is CCC(C)N(C)C(C)(CN)Cc1ccc(OC)c(OC)c1. The summed E-state index contributed by atoms with van der Waals surface area (Å²) < 4.78 is 10.7. The first kappa shape index (κ1) is 17.8. The third-order valence-electron chi connectivity index (χ3n) is 4.58. The molecule has 0 radical (unpaired) electrons. The van der Waals surface area contributed by atoms with Crippen molar-refractivity contribution < 1.29 is 9.47 Å². The van der Waals surface area contributed by atoms with Gasteiger partial charge in [-0.3, -0.25) is 4.90 Å². The van der Waals surface area contributed by atoms with Gasteiger partial charge in [-0.05, 0) is 51.4 Å². The highest BCUT2D eigenvalue weighted by molar-refractivity contribution is 5.43. The van der Waals surface area contributed by atoms with Crippen LogP contribution in [0.2, 0.25) is 0 Å². The van der Waals surface area contributed by atoms with Gasteiger partial charge in [0.2, 0.25) is 0 Å². The maximum Gasteiger partial charge on any atom is 0.160 e. The highest BCUT2D eigenvalue weighted by Crippen LogP contribution is 2.30. The predicted octanol–water partition coefficient (Wildman–Crippen LogP) is 2.69. The lowest BCUT2D eigenvalue weighted by atomic mass is 9.89. The Labute approximate surface area is 129 Å². The van der Waals surface area contributed by atoms with Crippen LogP contribution in [0, 0.1) is 0 Å². The predicted molar refractivity (Wildman–Crippen MR) is 88.2 cm³/mol. The molecular weight excluding hydrogens is 264 g/mol. The van der Waals surface area contributed by atoms with Crippen LogP contribution in [0.15, 0.2) is 18.2 Å². The molecule has 1 aromatic rings. The van der Waals surface area contributed by atoms with Crippen LogP contribution in [-0.4, -0.2) is 44.3 Å². The van der Waals surface area contributed by atoms with Crippen LogP contribution < -0.4 is 15.2 Å². The number of benzene rings is 1. The van der Waals surface area contributed by atoms with Crippen LogP contribution in [0.5, 0.6) is 11.5 Å². The molecule has 0 aliphatic rings. The molecule has 2 unspecified atom stereocenters. The van der Waals surface area contributed by atoms with E-state index in [0.29, 0.717) is 12.6 Å². The van der Waals surface area contributed by atoms with Gasteiger partial charge in [-0.2, -0.15) is 0 Å². The Hall–Kier alpha value is -1.26. The van der Waals surface area contributed by atoms with Crippen molar-refractivity contribution in [1.29, 1.82) is 0 Å². The fraction of sp³-hybridized carbons (Fsp3) is 0.647. The molecular formula is C17H30N2O2. The lowest BCUT2D eigenvalue weighted by molar-refractivity contribution is 0.0979. The van der Waals surface area contributed by atoms with Gasteiger partial charge in [0.15, 0.2) is 11.5 Å². The van der Waals surface area contributed by atoms with E-state index in [1.54, 1.807) is 14.2 Å². The summed E-state index contributed by atoms with van der Waals surface area (Å²) in [5, 5.41) is 0. The summed E-state index contributed by atoms with van der Waals surface area (Å²) in [6.07, 6.45) is 1.99. The topological polar surface area (TPSA) is 47.7 Å². The van der Waals surface area contributed by atoms with Gasteiger partial charge in [0.1, 0.15) is 0 Å². The molecule has 0 amide bonds. The van der Waals surface area contributed by atoms with E-state index in [-0.39, 0.29) is 5.54 Å². The van der Waals surface area contributed by atoms with Gasteiger partial charge < -0.3 is 15.2 Å². The Balaban J connectivity index is 3.00. The summed E-state index contributed by atoms with van der Waals surface area (Å²) in [7, 11) is 5.47. The summed E-state index contributed by atoms with van der Waals surface area (Å²) in [5.74, 6) is 1.52. The largest absolute Gasteiger partial charge is 0.493 e. The molecule has 21 heavy (non-hydrogen) atoms. The normalized spacial score (nSPS) is 15.6. The van der Waals surface area contributed by atoms with E-state index >= 15 is 0 Å². The van der Waals surface area contributed by atoms with Crippen molar-refractivity contribution in [2.45, 2.75) is 45.2 Å². The number of likely N-dealkylation sites (N-methyl/N-ethyl adjacent to an activating group) is 1. The molecule has 0 heterocycles. The summed E-state index contributed by atoms with van der Waals surface area (Å²) in [6, 6.07) is 6.57. The number of ether oxygens (including phenoxy) is 2. The van der Waals surface area contributed by atoms with Gasteiger partial charge in [-0.1, -0.05) is 13.0 Å². The van der Waals surface area contributed by atoms with E-state index in [4.69, 9.17) is 15.2 Å². The summed E-state index contributed by atoms with van der Waals surface area (Å²) in [5.41, 5.74) is 7.21. The molecule has 1 rings (SSSR count). The molecule has 0 bridgehead atoms. The zero-order valence-electron chi connectivity index (χ0n) is 14.3. The standard InChI is InChI=1S/C17H30N2O2/c1-7-13(2)19(4)17(3,12-18)11-14-8-9-15(20-5)16(10-14)21-6/h8-10,13H,7,11-12,18H2,1-6H3. The number of nitrogens with two attached hydrogens (primary N) is 1. The number of rotatable bonds is 8. The molecule has 0 spiro atoms. The Bertz CT molecular complexity index is 450. The van der Waals surface area contributed by atoms with Crippen molar-refractivity contribution in [2.24, 2.45) is 5.73 Å². The zero-order chi connectivity index (χ0) is 16.0. The molecule has 0 saturated carbocycles. The number of hydrogen-bond acceptors (Lipinski definition) is 4. The second kappa shape index (κ2) is 7.66. The Kier molecular flexibility index (Phi) is 6.49. The highest BCUT2D eigenvalue weighted by Gasteiger charge is 2.30. The number of nitrogens with zero attached hydrogens (tertiary/aromatic N) is 1. The lowest BCUT2D eigenvalue weighted by Crippen LogP contribution is -2.54. The molecule has 120 valence electrons. The molecule has 1 aromatic carbocycles. The first-order valence-corrected chi connectivity index (χ1v) is 7.55. The molecule has 0 fully saturated rings. The van der Waals surface area contributed by atoms with Crippen LogP contribution in [0.25, 0.3) is 0 Å². The van der Waals surface area contributed by atoms with Crippen LogP contribution >= 0.6 is 0 Å². The van der Waals surface area contributed by atoms with Gasteiger partial charge >= 0.3 is 0 Å². The summed E-state index contributed by atoms with van der Waals surface area (Å²) >= 11 is 0. The zero-order valence-corrected chi connectivity index (χ0v) is 14.3. The van der Waals surface area contributed by atoms with E-state index in [0.717, 1.165) is 24.3 Å². The fourth-order valence-electron chi connectivity index (χ4n) is 2.58. The Morgan fingerprint density at radius 1 is 1.24 bits per heavy atom. The monoisotopic (exact) mass is 294 g/mol. The van der Waals surface area contributed by atoms with Gasteiger partial charge in [-0.15, -0.1) is 0 Å². The molecule has 0 aliphatic heterocycles. The second-order valence-corrected chi connectivity index (χ2v) is 5.94. The van der Waals surface area contributed by atoms with Crippen molar-refractivity contribution in [2.75, 3.05) is 27.8 Å². The summed E-state index contributed by atoms with van der Waals surface area (Å²) in [6.45, 7) is 7.27. The molecule has 2 N–H and O–H groups in total. The maximum atomic E-state index is 6.08. The van der Waals surface area contributed by atoms with Gasteiger partial charge in [0, 0.05) is 18.1 Å². The van der Waals surface area contributed by atoms with Crippen molar-refractivity contribution in [3.63, 3.8) is 0 Å². The number of methoxy groups -OCH3 is 2. The van der Waals surface area contributed by atoms with E-state index in [1.807, 2.05) is 12.1 Å². The molecule has 4 heteroatoms. The Morgan fingerprint density at radius 3 is 2.33 bits per heavy atom. The van der Waals surface area contributed by atoms with Crippen molar-refractivity contribution in [1.82, 2.24) is 4.90 Å². The van der Waals surface area contributed by atoms with Gasteiger partial charge in [-0.25, -0.2) is 0 Å². The van der Waals surface area contributed by atoms with Gasteiger partial charge in [0.05, 0.1) is 14.2 Å². The highest BCUT2D eigenvalue weighted by atomic mass is 16.5. The molecule has 2 atom stereocenters. The van der Waals surface area contributed by atoms with E-state index in [9.17, 15) is 0 Å². The van der Waals surface area contributed by atoms with Crippen molar-refractivity contribution >= 4 is 0 Å². The summed E-state index contributed by atoms with van der Waals surface area (Å²) in [4.78, 5) is 2.38. The Morgan fingerprint density at radius 2 is 1.86 bits per heavy atom.